The first-order valence-electron chi connectivity index (χ1n) is 6.20. The molecule has 0 aliphatic heterocycles. The highest BCUT2D eigenvalue weighted by molar-refractivity contribution is 6.39. The molecule has 1 rings (SSSR count). The van der Waals surface area contributed by atoms with Crippen molar-refractivity contribution in [2.45, 2.75) is 32.2 Å². The van der Waals surface area contributed by atoms with E-state index >= 15 is 0 Å². The smallest absolute Gasteiger partial charge is 0.331 e. The third-order valence-corrected chi connectivity index (χ3v) is 3.60. The van der Waals surface area contributed by atoms with Crippen LogP contribution >= 0.6 is 23.2 Å². The Morgan fingerprint density at radius 1 is 1.30 bits per heavy atom. The summed E-state index contributed by atoms with van der Waals surface area (Å²) < 4.78 is 4.75. The molecule has 1 aromatic carbocycles. The monoisotopic (exact) mass is 317 g/mol. The molecule has 6 heteroatoms. The van der Waals surface area contributed by atoms with Gasteiger partial charge in [0, 0.05) is 0 Å². The maximum Gasteiger partial charge on any atom is 0.331 e. The molecule has 0 aliphatic rings. The topological polar surface area (TPSA) is 55.4 Å². The van der Waals surface area contributed by atoms with Crippen LogP contribution < -0.4 is 5.32 Å². The van der Waals surface area contributed by atoms with Crippen LogP contribution in [0, 0.1) is 0 Å². The summed E-state index contributed by atoms with van der Waals surface area (Å²) in [6, 6.07) is 4.78. The summed E-state index contributed by atoms with van der Waals surface area (Å²) in [5.74, 6) is -1.00. The summed E-state index contributed by atoms with van der Waals surface area (Å²) in [6.07, 6.45) is 1.16. The fourth-order valence-corrected chi connectivity index (χ4v) is 2.54. The molecule has 0 aliphatic carbocycles. The number of hydrogen-bond acceptors (Lipinski definition) is 3. The van der Waals surface area contributed by atoms with Gasteiger partial charge in [-0.1, -0.05) is 42.6 Å². The fraction of sp³-hybridized carbons (Fsp3) is 0.429. The number of hydrogen-bond donors (Lipinski definition) is 1. The lowest BCUT2D eigenvalue weighted by Gasteiger charge is -2.27. The lowest BCUT2D eigenvalue weighted by atomic mass is 9.95. The molecule has 0 saturated heterocycles. The van der Waals surface area contributed by atoms with Crippen molar-refractivity contribution in [2.24, 2.45) is 0 Å². The van der Waals surface area contributed by atoms with Crippen LogP contribution in [0.25, 0.3) is 0 Å². The Balaban J connectivity index is 3.06. The molecular formula is C14H17Cl2NO3. The molecule has 0 bridgehead atoms. The number of carbonyl (C=O) groups excluding carboxylic acids is 2. The minimum atomic E-state index is -1.11. The van der Waals surface area contributed by atoms with Gasteiger partial charge in [-0.25, -0.2) is 4.79 Å². The van der Waals surface area contributed by atoms with Crippen LogP contribution in [0.3, 0.4) is 0 Å². The zero-order valence-electron chi connectivity index (χ0n) is 11.6. The van der Waals surface area contributed by atoms with Gasteiger partial charge in [0.1, 0.15) is 5.54 Å². The van der Waals surface area contributed by atoms with Gasteiger partial charge in [-0.2, -0.15) is 0 Å². The third kappa shape index (κ3) is 3.64. The van der Waals surface area contributed by atoms with Gasteiger partial charge in [-0.05, 0) is 25.5 Å². The van der Waals surface area contributed by atoms with Gasteiger partial charge in [0.2, 0.25) is 0 Å². The van der Waals surface area contributed by atoms with Crippen LogP contribution in [-0.4, -0.2) is 24.5 Å². The van der Waals surface area contributed by atoms with Crippen LogP contribution in [0.4, 0.5) is 0 Å². The van der Waals surface area contributed by atoms with E-state index < -0.39 is 17.4 Å². The van der Waals surface area contributed by atoms with E-state index in [9.17, 15) is 9.59 Å². The molecule has 110 valence electrons. The molecule has 0 aromatic heterocycles. The molecule has 1 atom stereocenters. The van der Waals surface area contributed by atoms with Gasteiger partial charge >= 0.3 is 5.97 Å². The van der Waals surface area contributed by atoms with Crippen molar-refractivity contribution in [1.82, 2.24) is 5.32 Å². The minimum absolute atomic E-state index is 0.155. The maximum atomic E-state index is 12.3. The van der Waals surface area contributed by atoms with Gasteiger partial charge in [0.25, 0.3) is 5.91 Å². The predicted molar refractivity (Wildman–Crippen MR) is 79.3 cm³/mol. The van der Waals surface area contributed by atoms with Crippen LogP contribution in [0.5, 0.6) is 0 Å². The number of ether oxygens (including phenoxy) is 1. The Labute approximate surface area is 128 Å². The summed E-state index contributed by atoms with van der Waals surface area (Å²) in [7, 11) is 1.28. The predicted octanol–water partition coefficient (Wildman–Crippen LogP) is 3.46. The molecule has 1 N–H and O–H groups in total. The average molecular weight is 318 g/mol. The third-order valence-electron chi connectivity index (χ3n) is 2.97. The van der Waals surface area contributed by atoms with Crippen molar-refractivity contribution in [3.63, 3.8) is 0 Å². The zero-order chi connectivity index (χ0) is 15.3. The number of esters is 1. The van der Waals surface area contributed by atoms with Crippen LogP contribution in [0.2, 0.25) is 10.0 Å². The Hall–Kier alpha value is -1.26. The SMILES string of the molecule is CCCC(C)(NC(=O)c1c(Cl)cccc1Cl)C(=O)OC. The highest BCUT2D eigenvalue weighted by atomic mass is 35.5. The van der Waals surface area contributed by atoms with Gasteiger partial charge in [-0.15, -0.1) is 0 Å². The van der Waals surface area contributed by atoms with E-state index in [1.165, 1.54) is 7.11 Å². The van der Waals surface area contributed by atoms with E-state index in [1.807, 2.05) is 6.92 Å². The van der Waals surface area contributed by atoms with Gasteiger partial charge < -0.3 is 10.1 Å². The first-order chi connectivity index (χ1) is 9.35. The van der Waals surface area contributed by atoms with E-state index in [0.29, 0.717) is 12.8 Å². The molecule has 0 heterocycles. The van der Waals surface area contributed by atoms with Gasteiger partial charge in [-0.3, -0.25) is 4.79 Å². The Bertz CT molecular complexity index is 499. The normalized spacial score (nSPS) is 13.4. The van der Waals surface area contributed by atoms with Crippen molar-refractivity contribution in [2.75, 3.05) is 7.11 Å². The lowest BCUT2D eigenvalue weighted by Crippen LogP contribution is -2.52. The van der Waals surface area contributed by atoms with Gasteiger partial charge in [0.15, 0.2) is 0 Å². The molecule has 20 heavy (non-hydrogen) atoms. The standard InChI is InChI=1S/C14H17Cl2NO3/c1-4-8-14(2,13(19)20-3)17-12(18)11-9(15)6-5-7-10(11)16/h5-7H,4,8H2,1-3H3,(H,17,18). The molecule has 0 saturated carbocycles. The molecule has 0 fully saturated rings. The first-order valence-corrected chi connectivity index (χ1v) is 6.96. The summed E-state index contributed by atoms with van der Waals surface area (Å²) in [5, 5.41) is 3.13. The second kappa shape index (κ2) is 6.95. The molecule has 4 nitrogen and oxygen atoms in total. The van der Waals surface area contributed by atoms with Gasteiger partial charge in [0.05, 0.1) is 22.7 Å². The number of amides is 1. The summed E-state index contributed by atoms with van der Waals surface area (Å²) in [5.41, 5.74) is -0.953. The zero-order valence-corrected chi connectivity index (χ0v) is 13.1. The number of halogens is 2. The van der Waals surface area contributed by atoms with Crippen molar-refractivity contribution < 1.29 is 14.3 Å². The average Bonchev–Trinajstić information content (AvgIpc) is 2.37. The van der Waals surface area contributed by atoms with Crippen molar-refractivity contribution in [1.29, 1.82) is 0 Å². The van der Waals surface area contributed by atoms with Crippen LogP contribution in [0.15, 0.2) is 18.2 Å². The van der Waals surface area contributed by atoms with E-state index in [1.54, 1.807) is 25.1 Å². The second-order valence-corrected chi connectivity index (χ2v) is 5.44. The van der Waals surface area contributed by atoms with Crippen molar-refractivity contribution in [3.8, 4) is 0 Å². The van der Waals surface area contributed by atoms with Crippen molar-refractivity contribution >= 4 is 35.1 Å². The highest BCUT2D eigenvalue weighted by Gasteiger charge is 2.36. The van der Waals surface area contributed by atoms with E-state index in [-0.39, 0.29) is 15.6 Å². The molecule has 1 unspecified atom stereocenters. The number of rotatable bonds is 5. The highest BCUT2D eigenvalue weighted by Crippen LogP contribution is 2.25. The summed E-state index contributed by atoms with van der Waals surface area (Å²) >= 11 is 12.0. The quantitative estimate of drug-likeness (QED) is 0.846. The Morgan fingerprint density at radius 2 is 1.85 bits per heavy atom. The largest absolute Gasteiger partial charge is 0.467 e. The minimum Gasteiger partial charge on any atom is -0.467 e. The summed E-state index contributed by atoms with van der Waals surface area (Å²) in [6.45, 7) is 3.53. The Kier molecular flexibility index (Phi) is 5.84. The Morgan fingerprint density at radius 3 is 2.30 bits per heavy atom. The van der Waals surface area contributed by atoms with Crippen LogP contribution in [0.1, 0.15) is 37.0 Å². The number of nitrogens with one attached hydrogen (secondary N) is 1. The molecule has 0 spiro atoms. The molecular weight excluding hydrogens is 301 g/mol. The fourth-order valence-electron chi connectivity index (χ4n) is 1.97. The molecule has 0 radical (unpaired) electrons. The van der Waals surface area contributed by atoms with E-state index in [0.717, 1.165) is 0 Å². The van der Waals surface area contributed by atoms with E-state index in [2.05, 4.69) is 5.32 Å². The van der Waals surface area contributed by atoms with Crippen LogP contribution in [-0.2, 0) is 9.53 Å². The maximum absolute atomic E-state index is 12.3. The summed E-state index contributed by atoms with van der Waals surface area (Å²) in [4.78, 5) is 24.2. The second-order valence-electron chi connectivity index (χ2n) is 4.62. The number of carbonyl (C=O) groups is 2. The van der Waals surface area contributed by atoms with Crippen molar-refractivity contribution in [3.05, 3.63) is 33.8 Å². The molecule has 1 amide bonds. The number of methoxy groups -OCH3 is 1. The first kappa shape index (κ1) is 16.8. The van der Waals surface area contributed by atoms with E-state index in [4.69, 9.17) is 27.9 Å². The lowest BCUT2D eigenvalue weighted by molar-refractivity contribution is -0.147. The molecule has 1 aromatic rings. The number of benzene rings is 1.